The molecule has 0 atom stereocenters. The molecule has 32 heavy (non-hydrogen) atoms. The Balaban J connectivity index is 1.62. The van der Waals surface area contributed by atoms with Gasteiger partial charge in [0.25, 0.3) is 0 Å². The van der Waals surface area contributed by atoms with Gasteiger partial charge in [-0.05, 0) is 30.5 Å². The van der Waals surface area contributed by atoms with Crippen molar-refractivity contribution in [3.8, 4) is 0 Å². The Morgan fingerprint density at radius 3 is 2.62 bits per heavy atom. The summed E-state index contributed by atoms with van der Waals surface area (Å²) in [5.41, 5.74) is 1.47. The number of rotatable bonds is 6. The second-order valence-electron chi connectivity index (χ2n) is 7.01. The van der Waals surface area contributed by atoms with Gasteiger partial charge >= 0.3 is 5.69 Å². The van der Waals surface area contributed by atoms with Crippen LogP contribution in [-0.4, -0.2) is 26.4 Å². The van der Waals surface area contributed by atoms with E-state index in [1.807, 2.05) is 78.6 Å². The number of hydrogen-bond donors (Lipinski definition) is 1. The normalized spacial score (nSPS) is 11.0. The van der Waals surface area contributed by atoms with Crippen molar-refractivity contribution in [3.63, 3.8) is 0 Å². The fourth-order valence-corrected chi connectivity index (χ4v) is 4.60. The van der Waals surface area contributed by atoms with E-state index >= 15 is 0 Å². The maximum absolute atomic E-state index is 12.2. The summed E-state index contributed by atoms with van der Waals surface area (Å²) in [5, 5.41) is 17.8. The number of nitrogens with one attached hydrogen (secondary N) is 1. The summed E-state index contributed by atoms with van der Waals surface area (Å²) in [6, 6.07) is 21.5. The fourth-order valence-electron chi connectivity index (χ4n) is 3.73. The zero-order chi connectivity index (χ0) is 22.1. The predicted molar refractivity (Wildman–Crippen MR) is 128 cm³/mol. The summed E-state index contributed by atoms with van der Waals surface area (Å²) in [5.74, 6) is 0.338. The van der Waals surface area contributed by atoms with Crippen LogP contribution in [0.3, 0.4) is 0 Å². The Morgan fingerprint density at radius 2 is 1.81 bits per heavy atom. The molecule has 3 aromatic carbocycles. The third kappa shape index (κ3) is 3.48. The van der Waals surface area contributed by atoms with Crippen molar-refractivity contribution in [2.45, 2.75) is 6.92 Å². The van der Waals surface area contributed by atoms with E-state index in [4.69, 9.17) is 0 Å². The summed E-state index contributed by atoms with van der Waals surface area (Å²) in [7, 11) is 0. The molecular formula is C23H18N6O2S. The minimum Gasteiger partial charge on any atom is -0.320 e. The predicted octanol–water partition coefficient (Wildman–Crippen LogP) is 6.05. The monoisotopic (exact) mass is 442 g/mol. The molecule has 0 bridgehead atoms. The van der Waals surface area contributed by atoms with E-state index in [1.165, 1.54) is 17.7 Å². The van der Waals surface area contributed by atoms with Crippen LogP contribution < -0.4 is 10.2 Å². The quantitative estimate of drug-likeness (QED) is 0.252. The van der Waals surface area contributed by atoms with Gasteiger partial charge in [0.05, 0.1) is 20.8 Å². The van der Waals surface area contributed by atoms with Crippen LogP contribution in [0.15, 0.2) is 73.1 Å². The molecule has 0 saturated carbocycles. The van der Waals surface area contributed by atoms with Crippen LogP contribution in [0, 0.1) is 10.1 Å². The van der Waals surface area contributed by atoms with Gasteiger partial charge in [-0.1, -0.05) is 59.9 Å². The summed E-state index contributed by atoms with van der Waals surface area (Å²) >= 11 is 1.41. The highest BCUT2D eigenvalue weighted by Crippen LogP contribution is 2.40. The standard InChI is InChI=1S/C23H18N6O2S/c1-2-28(18-12-7-9-15-8-3-4-10-16(15)18)22-20(29(30)31)21(24-14-25-22)27-23-26-17-11-5-6-13-19(17)32-23/h3-14H,2H2,1H3,(H,24,25,26,27). The van der Waals surface area contributed by atoms with E-state index in [2.05, 4.69) is 20.3 Å². The summed E-state index contributed by atoms with van der Waals surface area (Å²) in [6.07, 6.45) is 1.34. The van der Waals surface area contributed by atoms with Crippen LogP contribution >= 0.6 is 11.3 Å². The smallest absolute Gasteiger partial charge is 0.320 e. The third-order valence-corrected chi connectivity index (χ3v) is 6.09. The minimum atomic E-state index is -0.446. The molecule has 0 amide bonds. The number of nitrogens with zero attached hydrogens (tertiary/aromatic N) is 5. The van der Waals surface area contributed by atoms with Gasteiger partial charge in [0.2, 0.25) is 11.6 Å². The molecule has 0 saturated heterocycles. The van der Waals surface area contributed by atoms with Crippen molar-refractivity contribution in [1.29, 1.82) is 0 Å². The number of anilines is 4. The molecule has 0 radical (unpaired) electrons. The molecule has 0 spiro atoms. The van der Waals surface area contributed by atoms with E-state index in [0.717, 1.165) is 26.7 Å². The number of thiazole rings is 1. The van der Waals surface area contributed by atoms with Gasteiger partial charge in [0.1, 0.15) is 6.33 Å². The lowest BCUT2D eigenvalue weighted by molar-refractivity contribution is -0.383. The Morgan fingerprint density at radius 1 is 1.03 bits per heavy atom. The van der Waals surface area contributed by atoms with Crippen LogP contribution in [-0.2, 0) is 0 Å². The Labute approximate surface area is 187 Å². The molecule has 5 aromatic rings. The van der Waals surface area contributed by atoms with E-state index in [1.54, 1.807) is 0 Å². The first-order chi connectivity index (χ1) is 15.7. The molecule has 5 rings (SSSR count). The summed E-state index contributed by atoms with van der Waals surface area (Å²) < 4.78 is 0.984. The SMILES string of the molecule is CCN(c1ncnc(Nc2nc3ccccc3s2)c1[N+](=O)[O-])c1cccc2ccccc12. The average molecular weight is 443 g/mol. The molecule has 0 aliphatic heterocycles. The van der Waals surface area contributed by atoms with Crippen molar-refractivity contribution in [2.24, 2.45) is 0 Å². The average Bonchev–Trinajstić information content (AvgIpc) is 3.22. The van der Waals surface area contributed by atoms with Crippen molar-refractivity contribution in [1.82, 2.24) is 15.0 Å². The zero-order valence-corrected chi connectivity index (χ0v) is 17.9. The van der Waals surface area contributed by atoms with Crippen LogP contribution in [0.5, 0.6) is 0 Å². The Bertz CT molecular complexity index is 1410. The van der Waals surface area contributed by atoms with Gasteiger partial charge in [-0.15, -0.1) is 0 Å². The van der Waals surface area contributed by atoms with Gasteiger partial charge < -0.3 is 10.2 Å². The highest BCUT2D eigenvalue weighted by Gasteiger charge is 2.28. The largest absolute Gasteiger partial charge is 0.354 e. The minimum absolute atomic E-state index is 0.109. The van der Waals surface area contributed by atoms with Gasteiger partial charge in [0, 0.05) is 11.9 Å². The molecule has 9 heteroatoms. The van der Waals surface area contributed by atoms with Crippen LogP contribution in [0.1, 0.15) is 6.92 Å². The first kappa shape index (κ1) is 19.8. The number of hydrogen-bond acceptors (Lipinski definition) is 8. The van der Waals surface area contributed by atoms with Gasteiger partial charge in [-0.25, -0.2) is 15.0 Å². The topological polar surface area (TPSA) is 97.1 Å². The second kappa shape index (κ2) is 8.20. The lowest BCUT2D eigenvalue weighted by Crippen LogP contribution is -2.20. The van der Waals surface area contributed by atoms with Crippen molar-refractivity contribution in [3.05, 3.63) is 83.2 Å². The summed E-state index contributed by atoms with van der Waals surface area (Å²) in [6.45, 7) is 2.43. The molecule has 1 N–H and O–H groups in total. The van der Waals surface area contributed by atoms with E-state index in [0.29, 0.717) is 11.7 Å². The molecule has 0 aliphatic carbocycles. The molecular weight excluding hydrogens is 424 g/mol. The lowest BCUT2D eigenvalue weighted by Gasteiger charge is -2.23. The van der Waals surface area contributed by atoms with E-state index in [-0.39, 0.29) is 17.3 Å². The van der Waals surface area contributed by atoms with Crippen molar-refractivity contribution in [2.75, 3.05) is 16.8 Å². The number of benzene rings is 3. The van der Waals surface area contributed by atoms with Crippen LogP contribution in [0.4, 0.5) is 28.1 Å². The third-order valence-electron chi connectivity index (χ3n) is 5.13. The highest BCUT2D eigenvalue weighted by atomic mass is 32.1. The number of aromatic nitrogens is 3. The molecule has 0 aliphatic rings. The lowest BCUT2D eigenvalue weighted by atomic mass is 10.1. The molecule has 2 heterocycles. The van der Waals surface area contributed by atoms with Gasteiger partial charge in [0.15, 0.2) is 5.13 Å². The number of para-hydroxylation sites is 1. The highest BCUT2D eigenvalue weighted by molar-refractivity contribution is 7.22. The van der Waals surface area contributed by atoms with Crippen molar-refractivity contribution < 1.29 is 4.92 Å². The fraction of sp³-hybridized carbons (Fsp3) is 0.0870. The molecule has 0 unspecified atom stereocenters. The second-order valence-corrected chi connectivity index (χ2v) is 8.04. The van der Waals surface area contributed by atoms with Gasteiger partial charge in [-0.3, -0.25) is 10.1 Å². The summed E-state index contributed by atoms with van der Waals surface area (Å²) in [4.78, 5) is 26.6. The van der Waals surface area contributed by atoms with E-state index in [9.17, 15) is 10.1 Å². The molecule has 2 aromatic heterocycles. The first-order valence-electron chi connectivity index (χ1n) is 10.0. The number of nitro groups is 1. The maximum Gasteiger partial charge on any atom is 0.354 e. The van der Waals surface area contributed by atoms with Crippen LogP contribution in [0.25, 0.3) is 21.0 Å². The van der Waals surface area contributed by atoms with E-state index < -0.39 is 4.92 Å². The van der Waals surface area contributed by atoms with Crippen LogP contribution in [0.2, 0.25) is 0 Å². The Hall–Kier alpha value is -4.11. The first-order valence-corrected chi connectivity index (χ1v) is 10.8. The molecule has 158 valence electrons. The zero-order valence-electron chi connectivity index (χ0n) is 17.1. The molecule has 8 nitrogen and oxygen atoms in total. The van der Waals surface area contributed by atoms with Gasteiger partial charge in [-0.2, -0.15) is 0 Å². The van der Waals surface area contributed by atoms with Crippen molar-refractivity contribution >= 4 is 60.5 Å². The molecule has 0 fully saturated rings. The number of fused-ring (bicyclic) bond motifs is 2. The maximum atomic E-state index is 12.2. The Kier molecular flexibility index (Phi) is 5.08.